The molecule has 1 amide bonds. The van der Waals surface area contributed by atoms with Crippen molar-refractivity contribution < 1.29 is 14.6 Å². The standard InChI is InChI=1S/C15H27N5O3.ClH/c1-17-14(22)9-13-18-15(20(19-13)6-3-7-21)10-4-5-11(16)12(8-10)23-2;/h10-12,21H,3-9,16H2,1-2H3,(H,17,22);1H/t10-,11+,12+;/m0./s1. The number of nitrogens with two attached hydrogens (primary N) is 1. The van der Waals surface area contributed by atoms with Gasteiger partial charge in [0.05, 0.1) is 12.5 Å². The lowest BCUT2D eigenvalue weighted by atomic mass is 9.83. The van der Waals surface area contributed by atoms with E-state index in [9.17, 15) is 4.79 Å². The fraction of sp³-hybridized carbons (Fsp3) is 0.800. The van der Waals surface area contributed by atoms with Crippen LogP contribution in [0.1, 0.15) is 43.3 Å². The number of amides is 1. The molecule has 8 nitrogen and oxygen atoms in total. The quantitative estimate of drug-likeness (QED) is 0.628. The molecule has 1 saturated carbocycles. The van der Waals surface area contributed by atoms with Gasteiger partial charge >= 0.3 is 0 Å². The third-order valence-electron chi connectivity index (χ3n) is 4.38. The van der Waals surface area contributed by atoms with Crippen molar-refractivity contribution in [1.82, 2.24) is 20.1 Å². The highest BCUT2D eigenvalue weighted by atomic mass is 35.5. The number of hydrogen-bond donors (Lipinski definition) is 3. The molecule has 1 aliphatic rings. The average Bonchev–Trinajstić information content (AvgIpc) is 2.95. The van der Waals surface area contributed by atoms with Gasteiger partial charge in [0.1, 0.15) is 5.82 Å². The normalized spacial score (nSPS) is 23.6. The third-order valence-corrected chi connectivity index (χ3v) is 4.38. The number of nitrogens with one attached hydrogen (secondary N) is 1. The van der Waals surface area contributed by atoms with Gasteiger partial charge in [-0.2, -0.15) is 5.10 Å². The van der Waals surface area contributed by atoms with Crippen LogP contribution in [0.2, 0.25) is 0 Å². The number of hydrogen-bond acceptors (Lipinski definition) is 6. The number of aliphatic hydroxyl groups is 1. The lowest BCUT2D eigenvalue weighted by molar-refractivity contribution is -0.120. The number of carbonyl (C=O) groups excluding carboxylic acids is 1. The van der Waals surface area contributed by atoms with Gasteiger partial charge in [-0.3, -0.25) is 4.79 Å². The highest BCUT2D eigenvalue weighted by Crippen LogP contribution is 2.33. The number of ether oxygens (including phenoxy) is 1. The minimum atomic E-state index is -0.115. The predicted molar refractivity (Wildman–Crippen MR) is 92.1 cm³/mol. The summed E-state index contributed by atoms with van der Waals surface area (Å²) in [5, 5.41) is 16.1. The van der Waals surface area contributed by atoms with E-state index in [1.165, 1.54) is 0 Å². The van der Waals surface area contributed by atoms with Crippen LogP contribution in [0.25, 0.3) is 0 Å². The SMILES string of the molecule is CNC(=O)Cc1nc([C@H]2CC[C@@H](N)[C@H](OC)C2)n(CCCO)n1.Cl. The number of nitrogens with zero attached hydrogens (tertiary/aromatic N) is 3. The third kappa shape index (κ3) is 5.14. The largest absolute Gasteiger partial charge is 0.396 e. The van der Waals surface area contributed by atoms with Crippen LogP contribution < -0.4 is 11.1 Å². The predicted octanol–water partition coefficient (Wildman–Crippen LogP) is -0.0194. The minimum Gasteiger partial charge on any atom is -0.396 e. The molecule has 0 radical (unpaired) electrons. The number of aliphatic hydroxyl groups excluding tert-OH is 1. The van der Waals surface area contributed by atoms with Crippen LogP contribution in [-0.4, -0.2) is 58.7 Å². The Balaban J connectivity index is 0.00000288. The highest BCUT2D eigenvalue weighted by Gasteiger charge is 2.32. The zero-order valence-corrected chi connectivity index (χ0v) is 15.1. The molecular formula is C15H28ClN5O3. The first-order valence-electron chi connectivity index (χ1n) is 8.12. The van der Waals surface area contributed by atoms with E-state index in [4.69, 9.17) is 15.6 Å². The first-order chi connectivity index (χ1) is 11.1. The van der Waals surface area contributed by atoms with Crippen molar-refractivity contribution in [2.75, 3.05) is 20.8 Å². The van der Waals surface area contributed by atoms with E-state index in [0.29, 0.717) is 18.8 Å². The van der Waals surface area contributed by atoms with Crippen molar-refractivity contribution in [1.29, 1.82) is 0 Å². The molecule has 0 aliphatic heterocycles. The number of halogens is 1. The Kier molecular flexibility index (Phi) is 8.61. The maximum Gasteiger partial charge on any atom is 0.227 e. The maximum absolute atomic E-state index is 11.6. The monoisotopic (exact) mass is 361 g/mol. The fourth-order valence-corrected chi connectivity index (χ4v) is 3.05. The summed E-state index contributed by atoms with van der Waals surface area (Å²) in [6.07, 6.45) is 3.39. The summed E-state index contributed by atoms with van der Waals surface area (Å²) in [6, 6.07) is 0.0513. The molecule has 1 fully saturated rings. The summed E-state index contributed by atoms with van der Waals surface area (Å²) in [7, 11) is 3.28. The van der Waals surface area contributed by atoms with Crippen molar-refractivity contribution in [2.45, 2.75) is 56.7 Å². The summed E-state index contributed by atoms with van der Waals surface area (Å²) in [5.74, 6) is 1.48. The summed E-state index contributed by atoms with van der Waals surface area (Å²) in [5.41, 5.74) is 6.08. The van der Waals surface area contributed by atoms with Crippen LogP contribution in [0.5, 0.6) is 0 Å². The molecule has 1 heterocycles. The van der Waals surface area contributed by atoms with Crippen molar-refractivity contribution in [2.24, 2.45) is 5.73 Å². The van der Waals surface area contributed by atoms with Gasteiger partial charge in [-0.15, -0.1) is 12.4 Å². The molecule has 9 heteroatoms. The van der Waals surface area contributed by atoms with Crippen molar-refractivity contribution >= 4 is 18.3 Å². The molecule has 0 saturated heterocycles. The number of rotatable bonds is 7. The zero-order chi connectivity index (χ0) is 16.8. The van der Waals surface area contributed by atoms with Gasteiger partial charge in [0.25, 0.3) is 0 Å². The second kappa shape index (κ2) is 9.93. The summed E-state index contributed by atoms with van der Waals surface area (Å²) in [6.45, 7) is 0.688. The topological polar surface area (TPSA) is 115 Å². The van der Waals surface area contributed by atoms with E-state index >= 15 is 0 Å². The zero-order valence-electron chi connectivity index (χ0n) is 14.3. The van der Waals surface area contributed by atoms with Crippen molar-refractivity contribution in [3.8, 4) is 0 Å². The Hall–Kier alpha value is -1.22. The van der Waals surface area contributed by atoms with Crippen LogP contribution in [-0.2, 0) is 22.5 Å². The minimum absolute atomic E-state index is 0. The number of carbonyl (C=O) groups is 1. The molecule has 0 unspecified atom stereocenters. The number of methoxy groups -OCH3 is 1. The van der Waals surface area contributed by atoms with E-state index in [1.807, 2.05) is 4.68 Å². The smallest absolute Gasteiger partial charge is 0.227 e. The Labute approximate surface area is 148 Å². The summed E-state index contributed by atoms with van der Waals surface area (Å²) < 4.78 is 7.30. The first-order valence-corrected chi connectivity index (χ1v) is 8.12. The van der Waals surface area contributed by atoms with Gasteiger partial charge in [-0.25, -0.2) is 9.67 Å². The van der Waals surface area contributed by atoms with Gasteiger partial charge in [0.2, 0.25) is 5.91 Å². The first kappa shape index (κ1) is 20.8. The Bertz CT molecular complexity index is 525. The molecule has 2 rings (SSSR count). The summed E-state index contributed by atoms with van der Waals surface area (Å²) in [4.78, 5) is 16.1. The molecule has 138 valence electrons. The van der Waals surface area contributed by atoms with E-state index < -0.39 is 0 Å². The second-order valence-corrected chi connectivity index (χ2v) is 5.98. The Morgan fingerprint density at radius 1 is 1.50 bits per heavy atom. The van der Waals surface area contributed by atoms with Crippen LogP contribution in [0.3, 0.4) is 0 Å². The van der Waals surface area contributed by atoms with Crippen molar-refractivity contribution in [3.63, 3.8) is 0 Å². The van der Waals surface area contributed by atoms with Gasteiger partial charge in [-0.1, -0.05) is 0 Å². The van der Waals surface area contributed by atoms with Gasteiger partial charge in [0.15, 0.2) is 5.82 Å². The fourth-order valence-electron chi connectivity index (χ4n) is 3.05. The number of aromatic nitrogens is 3. The lowest BCUT2D eigenvalue weighted by Crippen LogP contribution is -2.41. The molecule has 24 heavy (non-hydrogen) atoms. The van der Waals surface area contributed by atoms with Crippen LogP contribution in [0.15, 0.2) is 0 Å². The van der Waals surface area contributed by atoms with Crippen LogP contribution >= 0.6 is 12.4 Å². The van der Waals surface area contributed by atoms with Crippen LogP contribution in [0.4, 0.5) is 0 Å². The molecule has 0 bridgehead atoms. The van der Waals surface area contributed by atoms with Gasteiger partial charge < -0.3 is 20.9 Å². The van der Waals surface area contributed by atoms with Crippen LogP contribution in [0, 0.1) is 0 Å². The molecule has 1 aromatic heterocycles. The number of likely N-dealkylation sites (N-methyl/N-ethyl adjacent to an activating group) is 1. The van der Waals surface area contributed by atoms with E-state index in [-0.39, 0.29) is 49.4 Å². The molecule has 4 N–H and O–H groups in total. The van der Waals surface area contributed by atoms with Crippen molar-refractivity contribution in [3.05, 3.63) is 11.6 Å². The van der Waals surface area contributed by atoms with E-state index in [0.717, 1.165) is 25.1 Å². The molecule has 1 aliphatic carbocycles. The molecular weight excluding hydrogens is 334 g/mol. The Morgan fingerprint density at radius 2 is 2.25 bits per heavy atom. The summed E-state index contributed by atoms with van der Waals surface area (Å²) >= 11 is 0. The maximum atomic E-state index is 11.6. The molecule has 3 atom stereocenters. The highest BCUT2D eigenvalue weighted by molar-refractivity contribution is 5.85. The van der Waals surface area contributed by atoms with E-state index in [1.54, 1.807) is 14.2 Å². The molecule has 0 spiro atoms. The number of aryl methyl sites for hydroxylation is 1. The lowest BCUT2D eigenvalue weighted by Gasteiger charge is -2.32. The van der Waals surface area contributed by atoms with Gasteiger partial charge in [0, 0.05) is 39.3 Å². The molecule has 1 aromatic rings. The second-order valence-electron chi connectivity index (χ2n) is 5.98. The molecule has 0 aromatic carbocycles. The van der Waals surface area contributed by atoms with E-state index in [2.05, 4.69) is 15.4 Å². The average molecular weight is 362 g/mol. The van der Waals surface area contributed by atoms with Gasteiger partial charge in [-0.05, 0) is 25.7 Å². The Morgan fingerprint density at radius 3 is 2.88 bits per heavy atom.